The van der Waals surface area contributed by atoms with E-state index in [9.17, 15) is 9.59 Å². The second kappa shape index (κ2) is 13.9. The standard InChI is InChI=1S/C28H27I3N4O3S/c29-13-7-8-14-31-22(16-30)32-27(37)24-26(38-18-20-11-5-2-6-12-20)25(36)21(17-35(24)31)28-34-33-23(39-28)15-19-9-3-1-4-10-19/h1-6,9-12,17,22H,7-8,13-16,18H2,(H,32,37). The summed E-state index contributed by atoms with van der Waals surface area (Å²) in [6.07, 6.45) is 4.76. The molecule has 204 valence electrons. The Morgan fingerprint density at radius 2 is 1.69 bits per heavy atom. The van der Waals surface area contributed by atoms with Crippen LogP contribution in [0.5, 0.6) is 5.75 Å². The van der Waals surface area contributed by atoms with E-state index >= 15 is 0 Å². The first-order chi connectivity index (χ1) is 19.1. The van der Waals surface area contributed by atoms with Crippen molar-refractivity contribution in [3.05, 3.63) is 98.9 Å². The average Bonchev–Trinajstić information content (AvgIpc) is 3.42. The number of hydrogen-bond donors (Lipinski definition) is 1. The number of carbonyl (C=O) groups is 1. The van der Waals surface area contributed by atoms with Gasteiger partial charge in [-0.05, 0) is 0 Å². The Balaban J connectivity index is 1.59. The molecule has 0 radical (unpaired) electrons. The number of alkyl halides is 4. The molecule has 1 atom stereocenters. The van der Waals surface area contributed by atoms with E-state index < -0.39 is 20.1 Å². The Labute approximate surface area is 266 Å². The second-order valence-electron chi connectivity index (χ2n) is 8.85. The number of halogens is 3. The zero-order valence-corrected chi connectivity index (χ0v) is 28.3. The summed E-state index contributed by atoms with van der Waals surface area (Å²) in [6.45, 7) is 0.202. The van der Waals surface area contributed by atoms with Crippen LogP contribution in [0.1, 0.15) is 39.5 Å². The number of carbonyl (C=O) groups excluding carboxylic acids is 1. The first kappa shape index (κ1) is 28.9. The van der Waals surface area contributed by atoms with Gasteiger partial charge in [0, 0.05) is 0 Å². The van der Waals surface area contributed by atoms with Crippen LogP contribution in [-0.4, -0.2) is 36.2 Å². The van der Waals surface area contributed by atoms with E-state index in [1.54, 1.807) is 0 Å². The van der Waals surface area contributed by atoms with Gasteiger partial charge in [0.1, 0.15) is 0 Å². The van der Waals surface area contributed by atoms with Crippen LogP contribution in [0.3, 0.4) is 0 Å². The molecule has 2 aromatic heterocycles. The molecule has 1 amide bonds. The van der Waals surface area contributed by atoms with Crippen molar-refractivity contribution in [3.8, 4) is 16.3 Å². The summed E-state index contributed by atoms with van der Waals surface area (Å²) in [5, 5.41) is 13.4. The van der Waals surface area contributed by atoms with Gasteiger partial charge in [0.25, 0.3) is 0 Å². The number of amides is 1. The van der Waals surface area contributed by atoms with Crippen LogP contribution in [0.25, 0.3) is 10.6 Å². The van der Waals surface area contributed by atoms with Crippen molar-refractivity contribution in [3.63, 3.8) is 0 Å². The van der Waals surface area contributed by atoms with Crippen molar-refractivity contribution in [2.24, 2.45) is 0 Å². The Kier molecular flexibility index (Phi) is 10.3. The number of benzene rings is 2. The number of ether oxygens (including phenoxy) is 1. The SMILES string of the molecule is O=C1NC(CI)I(CCCCI)n2cc(-c3nnc(Cc4ccccc4)s3)c(=O)c(OCc3ccccc3)c21. The fraction of sp³-hybridized carbons (Fsp3) is 0.286. The number of aromatic nitrogens is 3. The third kappa shape index (κ3) is 6.84. The van der Waals surface area contributed by atoms with E-state index in [0.29, 0.717) is 22.7 Å². The number of rotatable bonds is 11. The Morgan fingerprint density at radius 3 is 2.38 bits per heavy atom. The molecule has 0 saturated carbocycles. The maximum absolute atomic E-state index is 13.9. The molecule has 5 rings (SSSR count). The van der Waals surface area contributed by atoms with Crippen LogP contribution in [0.15, 0.2) is 71.7 Å². The molecule has 1 unspecified atom stereocenters. The molecule has 1 aliphatic rings. The number of fused-ring (bicyclic) bond motifs is 1. The predicted octanol–water partition coefficient (Wildman–Crippen LogP) is 6.53. The van der Waals surface area contributed by atoms with Crippen LogP contribution in [0, 0.1) is 0 Å². The summed E-state index contributed by atoms with van der Waals surface area (Å²) in [6, 6.07) is 19.8. The van der Waals surface area contributed by atoms with Crippen LogP contribution >= 0.6 is 76.6 Å². The van der Waals surface area contributed by atoms with Crippen molar-refractivity contribution in [1.82, 2.24) is 18.3 Å². The maximum atomic E-state index is 13.9. The second-order valence-corrected chi connectivity index (χ2v) is 17.6. The van der Waals surface area contributed by atoms with Crippen molar-refractivity contribution in [1.29, 1.82) is 0 Å². The number of pyridine rings is 1. The first-order valence-electron chi connectivity index (χ1n) is 12.5. The molecule has 0 spiro atoms. The van der Waals surface area contributed by atoms with Crippen LogP contribution in [-0.2, 0) is 13.0 Å². The molecule has 11 heteroatoms. The molecule has 4 aromatic rings. The van der Waals surface area contributed by atoms with Gasteiger partial charge in [0.05, 0.1) is 0 Å². The van der Waals surface area contributed by atoms with E-state index in [0.717, 1.165) is 42.3 Å². The molecule has 0 fully saturated rings. The molecular formula is C28H27I3N4O3S. The van der Waals surface area contributed by atoms with E-state index in [4.69, 9.17) is 4.74 Å². The summed E-state index contributed by atoms with van der Waals surface area (Å²) < 4.78 is 11.4. The molecule has 3 heterocycles. The van der Waals surface area contributed by atoms with Crippen molar-refractivity contribution in [2.45, 2.75) is 29.9 Å². The van der Waals surface area contributed by atoms with E-state index in [2.05, 4.69) is 75.6 Å². The summed E-state index contributed by atoms with van der Waals surface area (Å²) in [5.41, 5.74) is 2.57. The van der Waals surface area contributed by atoms with Crippen molar-refractivity contribution < 1.29 is 9.53 Å². The van der Waals surface area contributed by atoms with Crippen LogP contribution in [0.2, 0.25) is 0 Å². The monoisotopic (exact) mass is 880 g/mol. The summed E-state index contributed by atoms with van der Waals surface area (Å²) in [7, 11) is 0. The molecule has 7 nitrogen and oxygen atoms in total. The molecule has 0 bridgehead atoms. The van der Waals surface area contributed by atoms with Crippen molar-refractivity contribution in [2.75, 3.05) is 13.3 Å². The van der Waals surface area contributed by atoms with Gasteiger partial charge in [-0.1, -0.05) is 0 Å². The minimum atomic E-state index is -1.97. The average molecular weight is 880 g/mol. The fourth-order valence-electron chi connectivity index (χ4n) is 4.21. The van der Waals surface area contributed by atoms with Gasteiger partial charge < -0.3 is 0 Å². The van der Waals surface area contributed by atoms with Gasteiger partial charge >= 0.3 is 269 Å². The number of hydrogen-bond acceptors (Lipinski definition) is 6. The van der Waals surface area contributed by atoms with E-state index in [-0.39, 0.29) is 27.7 Å². The number of unbranched alkanes of at least 4 members (excludes halogenated alkanes) is 1. The number of nitrogens with one attached hydrogen (secondary N) is 1. The molecule has 0 aliphatic carbocycles. The Bertz CT molecular complexity index is 1480. The molecular weight excluding hydrogens is 853 g/mol. The summed E-state index contributed by atoms with van der Waals surface area (Å²) in [5.74, 6) is -0.135. The van der Waals surface area contributed by atoms with E-state index in [1.165, 1.54) is 11.3 Å². The van der Waals surface area contributed by atoms with Gasteiger partial charge in [-0.3, -0.25) is 0 Å². The molecule has 39 heavy (non-hydrogen) atoms. The Hall–Kier alpha value is -1.59. The fourth-order valence-corrected chi connectivity index (χ4v) is 14.5. The first-order valence-corrected chi connectivity index (χ1v) is 20.1. The summed E-state index contributed by atoms with van der Waals surface area (Å²) in [4.78, 5) is 27.3. The summed E-state index contributed by atoms with van der Waals surface area (Å²) >= 11 is 4.23. The van der Waals surface area contributed by atoms with Gasteiger partial charge in [-0.2, -0.15) is 0 Å². The molecule has 2 aromatic carbocycles. The van der Waals surface area contributed by atoms with Gasteiger partial charge in [0.2, 0.25) is 0 Å². The third-order valence-corrected chi connectivity index (χ3v) is 16.9. The molecule has 0 saturated heterocycles. The van der Waals surface area contributed by atoms with E-state index in [1.807, 2.05) is 54.7 Å². The van der Waals surface area contributed by atoms with Gasteiger partial charge in [-0.15, -0.1) is 0 Å². The predicted molar refractivity (Wildman–Crippen MR) is 182 cm³/mol. The topological polar surface area (TPSA) is 86.1 Å². The van der Waals surface area contributed by atoms with Crippen LogP contribution < -0.4 is 15.5 Å². The van der Waals surface area contributed by atoms with Crippen LogP contribution in [0.4, 0.5) is 0 Å². The quantitative estimate of drug-likeness (QED) is 0.0803. The Morgan fingerprint density at radius 1 is 0.974 bits per heavy atom. The normalized spacial score (nSPS) is 15.6. The third-order valence-electron chi connectivity index (χ3n) is 6.13. The van der Waals surface area contributed by atoms with Crippen molar-refractivity contribution >= 4 is 82.5 Å². The minimum absolute atomic E-state index is 0.108. The zero-order valence-electron chi connectivity index (χ0n) is 21.0. The molecule has 1 aliphatic heterocycles. The molecule has 1 N–H and O–H groups in total. The zero-order chi connectivity index (χ0) is 27.2. The number of nitrogens with zero attached hydrogens (tertiary/aromatic N) is 3. The van der Waals surface area contributed by atoms with Gasteiger partial charge in [0.15, 0.2) is 0 Å². The van der Waals surface area contributed by atoms with Gasteiger partial charge in [-0.25, -0.2) is 0 Å².